The number of benzene rings is 1. The summed E-state index contributed by atoms with van der Waals surface area (Å²) in [5, 5.41) is 5.04. The number of hydrogen-bond acceptors (Lipinski definition) is 4. The Labute approximate surface area is 147 Å². The highest BCUT2D eigenvalue weighted by Gasteiger charge is 2.30. The molecule has 0 spiro atoms. The van der Waals surface area contributed by atoms with E-state index >= 15 is 0 Å². The molecular formula is C19H24N2O2S. The van der Waals surface area contributed by atoms with E-state index in [9.17, 15) is 4.79 Å². The molecule has 0 aliphatic heterocycles. The van der Waals surface area contributed by atoms with Crippen LogP contribution in [0.5, 0.6) is 5.75 Å². The van der Waals surface area contributed by atoms with Gasteiger partial charge in [-0.25, -0.2) is 0 Å². The molecule has 4 nitrogen and oxygen atoms in total. The Balaban J connectivity index is 1.38. The van der Waals surface area contributed by atoms with Crippen molar-refractivity contribution in [2.24, 2.45) is 0 Å². The summed E-state index contributed by atoms with van der Waals surface area (Å²) < 4.78 is 5.66. The molecule has 1 aliphatic carbocycles. The molecule has 1 aliphatic rings. The number of thiophene rings is 1. The van der Waals surface area contributed by atoms with E-state index in [-0.39, 0.29) is 5.91 Å². The van der Waals surface area contributed by atoms with Gasteiger partial charge in [0.2, 0.25) is 5.91 Å². The molecule has 0 radical (unpaired) electrons. The van der Waals surface area contributed by atoms with Gasteiger partial charge in [-0.1, -0.05) is 18.2 Å². The molecule has 3 rings (SSSR count). The Morgan fingerprint density at radius 2 is 2.21 bits per heavy atom. The van der Waals surface area contributed by atoms with E-state index in [4.69, 9.17) is 4.74 Å². The molecule has 1 N–H and O–H groups in total. The summed E-state index contributed by atoms with van der Waals surface area (Å²) in [7, 11) is 0. The molecule has 5 heteroatoms. The van der Waals surface area contributed by atoms with Gasteiger partial charge in [-0.15, -0.1) is 11.3 Å². The molecule has 2 aromatic rings. The van der Waals surface area contributed by atoms with Crippen molar-refractivity contribution in [1.82, 2.24) is 10.2 Å². The van der Waals surface area contributed by atoms with Gasteiger partial charge in [-0.2, -0.15) is 0 Å². The van der Waals surface area contributed by atoms with E-state index in [0.29, 0.717) is 25.7 Å². The number of hydrogen-bond donors (Lipinski definition) is 1. The summed E-state index contributed by atoms with van der Waals surface area (Å²) in [5.74, 6) is 0.924. The Morgan fingerprint density at radius 1 is 1.33 bits per heavy atom. The van der Waals surface area contributed by atoms with Crippen molar-refractivity contribution in [1.29, 1.82) is 0 Å². The summed E-state index contributed by atoms with van der Waals surface area (Å²) in [6, 6.07) is 12.7. The minimum atomic E-state index is 0.0753. The van der Waals surface area contributed by atoms with Crippen LogP contribution in [0.1, 0.15) is 23.3 Å². The Hall–Kier alpha value is -1.85. The predicted octanol–water partition coefficient (Wildman–Crippen LogP) is 3.22. The van der Waals surface area contributed by atoms with Crippen LogP contribution in [-0.2, 0) is 11.3 Å². The van der Waals surface area contributed by atoms with Crippen molar-refractivity contribution in [3.63, 3.8) is 0 Å². The van der Waals surface area contributed by atoms with Gasteiger partial charge in [0.1, 0.15) is 12.4 Å². The molecule has 1 amide bonds. The fourth-order valence-electron chi connectivity index (χ4n) is 2.66. The third kappa shape index (κ3) is 5.35. The Morgan fingerprint density at radius 3 is 2.92 bits per heavy atom. The van der Waals surface area contributed by atoms with Crippen molar-refractivity contribution >= 4 is 17.2 Å². The lowest BCUT2D eigenvalue weighted by Crippen LogP contribution is -2.39. The number of nitrogens with zero attached hydrogens (tertiary/aromatic N) is 1. The van der Waals surface area contributed by atoms with Gasteiger partial charge in [-0.05, 0) is 48.9 Å². The second-order valence-electron chi connectivity index (χ2n) is 6.23. The van der Waals surface area contributed by atoms with Crippen molar-refractivity contribution in [3.8, 4) is 5.75 Å². The van der Waals surface area contributed by atoms with Crippen LogP contribution in [0.3, 0.4) is 0 Å². The standard InChI is InChI=1S/C19H24N2O2S/c1-15-4-2-5-17(12-15)23-10-9-20-19(22)14-21(16-7-8-16)13-18-6-3-11-24-18/h2-6,11-12,16H,7-10,13-14H2,1H3,(H,20,22). The van der Waals surface area contributed by atoms with Crippen molar-refractivity contribution < 1.29 is 9.53 Å². The number of rotatable bonds is 9. The third-order valence-corrected chi connectivity index (χ3v) is 4.89. The molecule has 1 fully saturated rings. The van der Waals surface area contributed by atoms with E-state index in [0.717, 1.165) is 12.3 Å². The first-order valence-corrected chi connectivity index (χ1v) is 9.31. The predicted molar refractivity (Wildman–Crippen MR) is 97.4 cm³/mol. The molecular weight excluding hydrogens is 320 g/mol. The average Bonchev–Trinajstić information content (AvgIpc) is 3.29. The first kappa shape index (κ1) is 17.0. The fraction of sp³-hybridized carbons (Fsp3) is 0.421. The molecule has 1 heterocycles. The largest absolute Gasteiger partial charge is 0.492 e. The Kier molecular flexibility index (Phi) is 5.88. The van der Waals surface area contributed by atoms with Crippen LogP contribution in [0.15, 0.2) is 41.8 Å². The molecule has 128 valence electrons. The lowest BCUT2D eigenvalue weighted by atomic mass is 10.2. The quantitative estimate of drug-likeness (QED) is 0.710. The zero-order valence-corrected chi connectivity index (χ0v) is 14.8. The lowest BCUT2D eigenvalue weighted by molar-refractivity contribution is -0.122. The van der Waals surface area contributed by atoms with Crippen LogP contribution >= 0.6 is 11.3 Å². The van der Waals surface area contributed by atoms with Crippen LogP contribution in [0, 0.1) is 6.92 Å². The smallest absolute Gasteiger partial charge is 0.234 e. The number of nitrogens with one attached hydrogen (secondary N) is 1. The SMILES string of the molecule is Cc1cccc(OCCNC(=O)CN(Cc2cccs2)C2CC2)c1. The first-order valence-electron chi connectivity index (χ1n) is 8.43. The van der Waals surface area contributed by atoms with Crippen LogP contribution < -0.4 is 10.1 Å². The van der Waals surface area contributed by atoms with Crippen LogP contribution in [-0.4, -0.2) is 36.5 Å². The second-order valence-corrected chi connectivity index (χ2v) is 7.26. The highest BCUT2D eigenvalue weighted by Crippen LogP contribution is 2.28. The summed E-state index contributed by atoms with van der Waals surface area (Å²) in [4.78, 5) is 15.8. The van der Waals surface area contributed by atoms with Gasteiger partial charge in [0.15, 0.2) is 0 Å². The van der Waals surface area contributed by atoms with Gasteiger partial charge < -0.3 is 10.1 Å². The summed E-state index contributed by atoms with van der Waals surface area (Å²) in [6.07, 6.45) is 2.41. The second kappa shape index (κ2) is 8.31. The maximum absolute atomic E-state index is 12.2. The monoisotopic (exact) mass is 344 g/mol. The summed E-state index contributed by atoms with van der Waals surface area (Å²) in [6.45, 7) is 4.39. The molecule has 1 aromatic carbocycles. The van der Waals surface area contributed by atoms with E-state index in [2.05, 4.69) is 27.7 Å². The molecule has 0 bridgehead atoms. The molecule has 0 saturated heterocycles. The molecule has 24 heavy (non-hydrogen) atoms. The van der Waals surface area contributed by atoms with Gasteiger partial charge >= 0.3 is 0 Å². The highest BCUT2D eigenvalue weighted by atomic mass is 32.1. The molecule has 1 aromatic heterocycles. The maximum atomic E-state index is 12.2. The van der Waals surface area contributed by atoms with Gasteiger partial charge in [0.25, 0.3) is 0 Å². The minimum Gasteiger partial charge on any atom is -0.492 e. The van der Waals surface area contributed by atoms with Crippen LogP contribution in [0.25, 0.3) is 0 Å². The first-order chi connectivity index (χ1) is 11.7. The van der Waals surface area contributed by atoms with E-state index in [1.54, 1.807) is 11.3 Å². The number of amides is 1. The average molecular weight is 344 g/mol. The molecule has 0 atom stereocenters. The summed E-state index contributed by atoms with van der Waals surface area (Å²) >= 11 is 1.75. The zero-order valence-electron chi connectivity index (χ0n) is 14.0. The summed E-state index contributed by atoms with van der Waals surface area (Å²) in [5.41, 5.74) is 1.17. The molecule has 0 unspecified atom stereocenters. The lowest BCUT2D eigenvalue weighted by Gasteiger charge is -2.20. The highest BCUT2D eigenvalue weighted by molar-refractivity contribution is 7.09. The molecule has 1 saturated carbocycles. The minimum absolute atomic E-state index is 0.0753. The van der Waals surface area contributed by atoms with Gasteiger partial charge in [0, 0.05) is 17.5 Å². The van der Waals surface area contributed by atoms with Crippen molar-refractivity contribution in [2.75, 3.05) is 19.7 Å². The van der Waals surface area contributed by atoms with E-state index in [1.807, 2.05) is 31.2 Å². The maximum Gasteiger partial charge on any atom is 0.234 e. The van der Waals surface area contributed by atoms with Gasteiger partial charge in [-0.3, -0.25) is 9.69 Å². The number of aryl methyl sites for hydroxylation is 1. The number of ether oxygens (including phenoxy) is 1. The van der Waals surface area contributed by atoms with Crippen LogP contribution in [0.2, 0.25) is 0 Å². The van der Waals surface area contributed by atoms with E-state index in [1.165, 1.54) is 23.3 Å². The van der Waals surface area contributed by atoms with Gasteiger partial charge in [0.05, 0.1) is 13.1 Å². The van der Waals surface area contributed by atoms with Crippen molar-refractivity contribution in [2.45, 2.75) is 32.4 Å². The number of carbonyl (C=O) groups is 1. The normalized spacial score (nSPS) is 13.9. The fourth-order valence-corrected chi connectivity index (χ4v) is 3.39. The van der Waals surface area contributed by atoms with Crippen LogP contribution in [0.4, 0.5) is 0 Å². The van der Waals surface area contributed by atoms with Crippen molar-refractivity contribution in [3.05, 3.63) is 52.2 Å². The Bertz CT molecular complexity index is 653. The van der Waals surface area contributed by atoms with E-state index < -0.39 is 0 Å². The zero-order chi connectivity index (χ0) is 16.8. The topological polar surface area (TPSA) is 41.6 Å². The number of carbonyl (C=O) groups excluding carboxylic acids is 1. The third-order valence-electron chi connectivity index (χ3n) is 4.03.